The minimum atomic E-state index is -2.21. The average molecular weight is 400 g/mol. The summed E-state index contributed by atoms with van der Waals surface area (Å²) in [6, 6.07) is 0. The van der Waals surface area contributed by atoms with Gasteiger partial charge in [0.15, 0.2) is 18.7 Å². The molecule has 0 amide bonds. The van der Waals surface area contributed by atoms with Crippen LogP contribution in [0.15, 0.2) is 0 Å². The highest BCUT2D eigenvalue weighted by molar-refractivity contribution is 5.73. The molecule has 158 valence electrons. The van der Waals surface area contributed by atoms with Crippen molar-refractivity contribution in [1.82, 2.24) is 0 Å². The number of hydrogen-bond donors (Lipinski definition) is 9. The largest absolute Gasteiger partial charge is 0.479 e. The van der Waals surface area contributed by atoms with Crippen molar-refractivity contribution < 1.29 is 65.0 Å². The Kier molecular flexibility index (Phi) is 8.62. The van der Waals surface area contributed by atoms with Gasteiger partial charge in [-0.25, -0.2) is 4.79 Å². The Morgan fingerprint density at radius 1 is 0.963 bits per heavy atom. The van der Waals surface area contributed by atoms with E-state index < -0.39 is 73.3 Å². The Hall–Kier alpha value is -1.26. The predicted molar refractivity (Wildman–Crippen MR) is 81.0 cm³/mol. The van der Waals surface area contributed by atoms with Crippen LogP contribution >= 0.6 is 0 Å². The Morgan fingerprint density at radius 3 is 1.96 bits per heavy atom. The lowest BCUT2D eigenvalue weighted by atomic mass is 9.96. The van der Waals surface area contributed by atoms with Crippen LogP contribution in [0, 0.1) is 0 Å². The fraction of sp³-hybridized carbons (Fsp3) is 0.857. The molecule has 27 heavy (non-hydrogen) atoms. The van der Waals surface area contributed by atoms with Gasteiger partial charge in [-0.1, -0.05) is 0 Å². The van der Waals surface area contributed by atoms with E-state index in [1.165, 1.54) is 0 Å². The lowest BCUT2D eigenvalue weighted by Crippen LogP contribution is -2.62. The molecule has 1 aliphatic rings. The number of aliphatic hydroxyl groups is 8. The van der Waals surface area contributed by atoms with Crippen molar-refractivity contribution >= 4 is 12.3 Å². The molecular formula is C14H24O13. The van der Waals surface area contributed by atoms with E-state index in [2.05, 4.69) is 0 Å². The van der Waals surface area contributed by atoms with Crippen LogP contribution in [-0.4, -0.2) is 126 Å². The summed E-state index contributed by atoms with van der Waals surface area (Å²) < 4.78 is 9.77. The first kappa shape index (κ1) is 23.8. The highest BCUT2D eigenvalue weighted by Crippen LogP contribution is 2.25. The maximum absolute atomic E-state index is 11.1. The molecule has 13 nitrogen and oxygen atoms in total. The second-order valence-corrected chi connectivity index (χ2v) is 6.17. The van der Waals surface area contributed by atoms with Crippen LogP contribution in [0.4, 0.5) is 0 Å². The van der Waals surface area contributed by atoms with Gasteiger partial charge in [0.1, 0.15) is 48.8 Å². The van der Waals surface area contributed by atoms with Gasteiger partial charge in [0.25, 0.3) is 0 Å². The van der Waals surface area contributed by atoms with Gasteiger partial charge >= 0.3 is 5.97 Å². The summed E-state index contributed by atoms with van der Waals surface area (Å²) in [7, 11) is 0. The third kappa shape index (κ3) is 5.39. The number of aliphatic hydroxyl groups excluding tert-OH is 8. The molecule has 1 aliphatic heterocycles. The molecule has 1 heterocycles. The smallest absolute Gasteiger partial charge is 0.335 e. The molecule has 9 N–H and O–H groups in total. The maximum atomic E-state index is 11.1. The zero-order chi connectivity index (χ0) is 21.0. The van der Waals surface area contributed by atoms with Gasteiger partial charge in [-0.2, -0.15) is 0 Å². The van der Waals surface area contributed by atoms with E-state index in [1.807, 2.05) is 0 Å². The molecule has 0 unspecified atom stereocenters. The first-order chi connectivity index (χ1) is 12.4. The number of ether oxygens (including phenoxy) is 2. The highest BCUT2D eigenvalue weighted by Gasteiger charge is 2.50. The minimum Gasteiger partial charge on any atom is -0.479 e. The summed E-state index contributed by atoms with van der Waals surface area (Å²) in [5, 5.41) is 86.6. The maximum Gasteiger partial charge on any atom is 0.335 e. The van der Waals surface area contributed by atoms with Gasteiger partial charge in [-0.05, 0) is 6.92 Å². The van der Waals surface area contributed by atoms with E-state index in [0.717, 1.165) is 6.92 Å². The molecule has 13 heteroatoms. The van der Waals surface area contributed by atoms with Crippen LogP contribution in [0.5, 0.6) is 0 Å². The van der Waals surface area contributed by atoms with E-state index in [0.29, 0.717) is 0 Å². The minimum absolute atomic E-state index is 0.121. The van der Waals surface area contributed by atoms with E-state index in [9.17, 15) is 50.4 Å². The summed E-state index contributed by atoms with van der Waals surface area (Å²) in [4.78, 5) is 21.9. The fourth-order valence-electron chi connectivity index (χ4n) is 2.44. The average Bonchev–Trinajstić information content (AvgIpc) is 2.62. The second-order valence-electron chi connectivity index (χ2n) is 6.17. The van der Waals surface area contributed by atoms with Crippen LogP contribution < -0.4 is 0 Å². The molecule has 0 bridgehead atoms. The van der Waals surface area contributed by atoms with Gasteiger partial charge in [-0.15, -0.1) is 0 Å². The van der Waals surface area contributed by atoms with Crippen molar-refractivity contribution in [2.24, 2.45) is 0 Å². The van der Waals surface area contributed by atoms with Gasteiger partial charge < -0.3 is 60.2 Å². The summed E-state index contributed by atoms with van der Waals surface area (Å²) in [5.74, 6) is -1.72. The molecular weight excluding hydrogens is 376 g/mol. The van der Waals surface area contributed by atoms with Gasteiger partial charge in [0.05, 0.1) is 6.10 Å². The fourth-order valence-corrected chi connectivity index (χ4v) is 2.44. The first-order valence-electron chi connectivity index (χ1n) is 7.87. The van der Waals surface area contributed by atoms with E-state index >= 15 is 0 Å². The number of hydrogen-bond acceptors (Lipinski definition) is 12. The lowest BCUT2D eigenvalue weighted by molar-refractivity contribution is -0.319. The molecule has 1 rings (SSSR count). The third-order valence-electron chi connectivity index (χ3n) is 4.11. The number of carbonyl (C=O) groups excluding carboxylic acids is 1. The van der Waals surface area contributed by atoms with Crippen molar-refractivity contribution in [3.8, 4) is 0 Å². The van der Waals surface area contributed by atoms with Crippen molar-refractivity contribution in [3.63, 3.8) is 0 Å². The Labute approximate surface area is 152 Å². The van der Waals surface area contributed by atoms with Crippen LogP contribution in [0.25, 0.3) is 0 Å². The summed E-state index contributed by atoms with van der Waals surface area (Å²) in [6.45, 7) is 1.08. The second kappa shape index (κ2) is 9.79. The third-order valence-corrected chi connectivity index (χ3v) is 4.11. The summed E-state index contributed by atoms with van der Waals surface area (Å²) in [5.41, 5.74) is 0. The summed E-state index contributed by atoms with van der Waals surface area (Å²) in [6.07, 6.45) is -22.3. The molecule has 1 fully saturated rings. The van der Waals surface area contributed by atoms with Gasteiger partial charge in [-0.3, -0.25) is 0 Å². The molecule has 0 aromatic carbocycles. The van der Waals surface area contributed by atoms with Crippen LogP contribution in [0.1, 0.15) is 6.92 Å². The Morgan fingerprint density at radius 2 is 1.52 bits per heavy atom. The Balaban J connectivity index is 3.04. The standard InChI is InChI=1S/C14H24O13/c1-3(16)5(18)6(19)8(21)11(4(17)2-15)26-14-10(23)7(20)9(22)12(27-14)13(24)25/h2-12,14,16-23H,1H3,(H,24,25)/t3-,4-,5-,6+,7+,8+,9-,10-,11-,12+,14+/m1/s1. The van der Waals surface area contributed by atoms with E-state index in [1.54, 1.807) is 0 Å². The molecule has 0 aromatic heterocycles. The zero-order valence-corrected chi connectivity index (χ0v) is 14.1. The van der Waals surface area contributed by atoms with Crippen LogP contribution in [-0.2, 0) is 19.1 Å². The van der Waals surface area contributed by atoms with E-state index in [-0.39, 0.29) is 6.29 Å². The quantitative estimate of drug-likeness (QED) is 0.164. The number of carbonyl (C=O) groups is 2. The van der Waals surface area contributed by atoms with Crippen LogP contribution in [0.2, 0.25) is 0 Å². The van der Waals surface area contributed by atoms with Crippen LogP contribution in [0.3, 0.4) is 0 Å². The van der Waals surface area contributed by atoms with Gasteiger partial charge in [0, 0.05) is 0 Å². The molecule has 11 atom stereocenters. The number of aldehydes is 1. The molecule has 1 saturated heterocycles. The van der Waals surface area contributed by atoms with E-state index in [4.69, 9.17) is 14.6 Å². The van der Waals surface area contributed by atoms with Crippen molar-refractivity contribution in [2.75, 3.05) is 0 Å². The van der Waals surface area contributed by atoms with Crippen molar-refractivity contribution in [3.05, 3.63) is 0 Å². The van der Waals surface area contributed by atoms with Crippen molar-refractivity contribution in [2.45, 2.75) is 74.3 Å². The number of carboxylic acid groups (broad SMARTS) is 1. The topological polar surface area (TPSA) is 235 Å². The molecule has 0 spiro atoms. The summed E-state index contributed by atoms with van der Waals surface area (Å²) >= 11 is 0. The van der Waals surface area contributed by atoms with Gasteiger partial charge in [0.2, 0.25) is 0 Å². The lowest BCUT2D eigenvalue weighted by Gasteiger charge is -2.41. The first-order valence-corrected chi connectivity index (χ1v) is 7.87. The molecule has 0 saturated carbocycles. The molecule has 0 aliphatic carbocycles. The number of aliphatic carboxylic acids is 1. The van der Waals surface area contributed by atoms with Crippen molar-refractivity contribution in [1.29, 1.82) is 0 Å². The zero-order valence-electron chi connectivity index (χ0n) is 14.1. The number of rotatable bonds is 9. The highest BCUT2D eigenvalue weighted by atomic mass is 16.7. The monoisotopic (exact) mass is 400 g/mol. The molecule has 0 aromatic rings. The predicted octanol–water partition coefficient (Wildman–Crippen LogP) is -5.71. The number of carboxylic acids is 1. The Bertz CT molecular complexity index is 499. The molecule has 0 radical (unpaired) electrons. The SMILES string of the molecule is C[C@@H](O)[C@@H](O)[C@H](O)[C@H](O)[C@H](O[C@H]1O[C@H](C(=O)O)[C@H](O)[C@H](O)[C@H]1O)[C@H](O)C=O. The normalized spacial score (nSPS) is 35.5.